The number of hydrogen-bond donors (Lipinski definition) is 2. The van der Waals surface area contributed by atoms with Crippen molar-refractivity contribution in [2.45, 2.75) is 11.4 Å². The van der Waals surface area contributed by atoms with Crippen LogP contribution in [0.3, 0.4) is 0 Å². The van der Waals surface area contributed by atoms with Crippen LogP contribution in [-0.4, -0.2) is 9.97 Å². The van der Waals surface area contributed by atoms with Crippen LogP contribution in [0.1, 0.15) is 5.56 Å². The van der Waals surface area contributed by atoms with Gasteiger partial charge in [-0.15, -0.1) is 0 Å². The number of hydrogen-bond acceptors (Lipinski definition) is 4. The first-order chi connectivity index (χ1) is 12.8. The van der Waals surface area contributed by atoms with Crippen molar-refractivity contribution in [2.75, 3.05) is 0 Å². The molecule has 0 saturated heterocycles. The molecular formula is C21H17N3OS. The number of aromatic amines is 1. The minimum atomic E-state index is -0.0546. The molecule has 0 bridgehead atoms. The van der Waals surface area contributed by atoms with Gasteiger partial charge in [0.1, 0.15) is 0 Å². The Morgan fingerprint density at radius 3 is 2.50 bits per heavy atom. The van der Waals surface area contributed by atoms with Gasteiger partial charge in [0.2, 0.25) is 0 Å². The van der Waals surface area contributed by atoms with Crippen LogP contribution in [0, 0.1) is 0 Å². The largest absolute Gasteiger partial charge is 0.329 e. The summed E-state index contributed by atoms with van der Waals surface area (Å²) >= 11 is 1.61. The predicted molar refractivity (Wildman–Crippen MR) is 107 cm³/mol. The fourth-order valence-electron chi connectivity index (χ4n) is 2.79. The monoisotopic (exact) mass is 359 g/mol. The minimum Gasteiger partial charge on any atom is -0.329 e. The number of H-pyrrole nitrogens is 1. The Labute approximate surface area is 155 Å². The Morgan fingerprint density at radius 2 is 1.69 bits per heavy atom. The number of nitrogens with one attached hydrogen (secondary N) is 2. The first kappa shape index (κ1) is 16.6. The fraction of sp³-hybridized carbons (Fsp3) is 0.0476. The molecule has 4 rings (SSSR count). The zero-order valence-electron chi connectivity index (χ0n) is 14.0. The highest BCUT2D eigenvalue weighted by atomic mass is 32.2. The molecule has 128 valence electrons. The lowest BCUT2D eigenvalue weighted by Crippen LogP contribution is -2.03. The van der Waals surface area contributed by atoms with E-state index in [1.807, 2.05) is 30.3 Å². The van der Waals surface area contributed by atoms with Crippen molar-refractivity contribution in [3.8, 4) is 11.1 Å². The number of fused-ring (bicyclic) bond motifs is 1. The second-order valence-electron chi connectivity index (χ2n) is 5.91. The number of nitrogens with zero attached hydrogens (tertiary/aromatic N) is 1. The summed E-state index contributed by atoms with van der Waals surface area (Å²) in [5, 5.41) is 1.66. The van der Waals surface area contributed by atoms with Crippen molar-refractivity contribution in [1.29, 1.82) is 0 Å². The van der Waals surface area contributed by atoms with Crippen molar-refractivity contribution in [3.05, 3.63) is 95.2 Å². The van der Waals surface area contributed by atoms with E-state index < -0.39 is 0 Å². The summed E-state index contributed by atoms with van der Waals surface area (Å²) < 4.78 is 3.36. The average Bonchev–Trinajstić information content (AvgIpc) is 2.69. The maximum Gasteiger partial charge on any atom is 0.255 e. The molecule has 0 radical (unpaired) electrons. The molecule has 0 saturated carbocycles. The average molecular weight is 359 g/mol. The molecule has 0 fully saturated rings. The number of pyridine rings is 2. The van der Waals surface area contributed by atoms with Crippen LogP contribution in [0.25, 0.3) is 21.9 Å². The van der Waals surface area contributed by atoms with Gasteiger partial charge in [-0.05, 0) is 76.5 Å². The van der Waals surface area contributed by atoms with Crippen LogP contribution in [0.2, 0.25) is 0 Å². The Morgan fingerprint density at radius 1 is 0.923 bits per heavy atom. The third kappa shape index (κ3) is 3.69. The van der Waals surface area contributed by atoms with E-state index in [4.69, 9.17) is 0 Å². The van der Waals surface area contributed by atoms with Gasteiger partial charge in [0.05, 0.1) is 0 Å². The third-order valence-electron chi connectivity index (χ3n) is 4.18. The van der Waals surface area contributed by atoms with E-state index in [2.05, 4.69) is 45.0 Å². The van der Waals surface area contributed by atoms with Crippen LogP contribution >= 0.6 is 11.9 Å². The maximum absolute atomic E-state index is 11.8. The van der Waals surface area contributed by atoms with E-state index in [1.165, 1.54) is 5.56 Å². The molecule has 2 aromatic heterocycles. The van der Waals surface area contributed by atoms with Gasteiger partial charge in [-0.25, -0.2) is 0 Å². The third-order valence-corrected chi connectivity index (χ3v) is 4.97. The highest BCUT2D eigenvalue weighted by molar-refractivity contribution is 7.97. The van der Waals surface area contributed by atoms with E-state index in [9.17, 15) is 4.79 Å². The van der Waals surface area contributed by atoms with E-state index in [0.29, 0.717) is 5.39 Å². The highest BCUT2D eigenvalue weighted by Crippen LogP contribution is 2.25. The van der Waals surface area contributed by atoms with Crippen LogP contribution in [-0.2, 0) is 6.54 Å². The van der Waals surface area contributed by atoms with E-state index in [1.54, 1.807) is 30.5 Å². The highest BCUT2D eigenvalue weighted by Gasteiger charge is 2.03. The van der Waals surface area contributed by atoms with Gasteiger partial charge in [0.15, 0.2) is 0 Å². The van der Waals surface area contributed by atoms with Crippen molar-refractivity contribution >= 4 is 22.7 Å². The van der Waals surface area contributed by atoms with E-state index >= 15 is 0 Å². The van der Waals surface area contributed by atoms with Gasteiger partial charge >= 0.3 is 0 Å². The SMILES string of the molecule is O=c1[nH]ccc2cc(-c3ccc(SNCc4ccncc4)cc3)ccc12. The molecular weight excluding hydrogens is 342 g/mol. The van der Waals surface area contributed by atoms with E-state index in [0.717, 1.165) is 28.0 Å². The van der Waals surface area contributed by atoms with Gasteiger partial charge < -0.3 is 4.98 Å². The van der Waals surface area contributed by atoms with Crippen LogP contribution in [0.4, 0.5) is 0 Å². The number of rotatable bonds is 5. The molecule has 2 N–H and O–H groups in total. The summed E-state index contributed by atoms with van der Waals surface area (Å²) in [4.78, 5) is 19.7. The minimum absolute atomic E-state index is 0.0546. The molecule has 26 heavy (non-hydrogen) atoms. The molecule has 0 unspecified atom stereocenters. The Bertz CT molecular complexity index is 1080. The van der Waals surface area contributed by atoms with Crippen LogP contribution in [0.15, 0.2) is 88.9 Å². The topological polar surface area (TPSA) is 57.8 Å². The first-order valence-corrected chi connectivity index (χ1v) is 9.12. The first-order valence-electron chi connectivity index (χ1n) is 8.30. The van der Waals surface area contributed by atoms with Crippen molar-refractivity contribution in [2.24, 2.45) is 0 Å². The molecule has 0 amide bonds. The quantitative estimate of drug-likeness (QED) is 0.519. The predicted octanol–water partition coefficient (Wildman–Crippen LogP) is 4.39. The van der Waals surface area contributed by atoms with Gasteiger partial charge in [-0.3, -0.25) is 14.5 Å². The van der Waals surface area contributed by atoms with Crippen molar-refractivity contribution in [1.82, 2.24) is 14.7 Å². The summed E-state index contributed by atoms with van der Waals surface area (Å²) in [6.45, 7) is 0.786. The molecule has 4 aromatic rings. The smallest absolute Gasteiger partial charge is 0.255 e. The summed E-state index contributed by atoms with van der Waals surface area (Å²) in [7, 11) is 0. The summed E-state index contributed by atoms with van der Waals surface area (Å²) in [5.41, 5.74) is 3.38. The Kier molecular flexibility index (Phi) is 4.82. The van der Waals surface area contributed by atoms with Crippen molar-refractivity contribution in [3.63, 3.8) is 0 Å². The molecule has 0 aliphatic rings. The van der Waals surface area contributed by atoms with Gasteiger partial charge in [0.25, 0.3) is 5.56 Å². The molecule has 0 spiro atoms. The summed E-state index contributed by atoms with van der Waals surface area (Å²) in [6, 6.07) is 20.2. The zero-order chi connectivity index (χ0) is 17.8. The summed E-state index contributed by atoms with van der Waals surface area (Å²) in [6.07, 6.45) is 5.28. The van der Waals surface area contributed by atoms with E-state index in [-0.39, 0.29) is 5.56 Å². The lowest BCUT2D eigenvalue weighted by atomic mass is 10.0. The summed E-state index contributed by atoms with van der Waals surface area (Å²) in [5.74, 6) is 0. The maximum atomic E-state index is 11.8. The molecule has 2 aromatic carbocycles. The molecule has 0 atom stereocenters. The Balaban J connectivity index is 1.46. The second-order valence-corrected chi connectivity index (χ2v) is 6.88. The molecule has 4 nitrogen and oxygen atoms in total. The molecule has 5 heteroatoms. The van der Waals surface area contributed by atoms with Gasteiger partial charge in [-0.2, -0.15) is 0 Å². The Hall–Kier alpha value is -2.89. The molecule has 0 aliphatic carbocycles. The van der Waals surface area contributed by atoms with Gasteiger partial charge in [-0.1, -0.05) is 18.2 Å². The van der Waals surface area contributed by atoms with Crippen molar-refractivity contribution < 1.29 is 0 Å². The lowest BCUT2D eigenvalue weighted by Gasteiger charge is -2.07. The number of aromatic nitrogens is 2. The molecule has 0 aliphatic heterocycles. The lowest BCUT2D eigenvalue weighted by molar-refractivity contribution is 0.969. The standard InChI is InChI=1S/C21H17N3OS/c25-21-20-6-3-17(13-18(20)9-12-23-21)16-1-4-19(5-2-16)26-24-14-15-7-10-22-11-8-15/h1-13,24H,14H2,(H,23,25). The van der Waals surface area contributed by atoms with Crippen LogP contribution < -0.4 is 10.3 Å². The fourth-order valence-corrected chi connectivity index (χ4v) is 3.47. The van der Waals surface area contributed by atoms with Gasteiger partial charge in [0, 0.05) is 35.4 Å². The normalized spacial score (nSPS) is 10.9. The second kappa shape index (κ2) is 7.56. The molecule has 2 heterocycles. The number of benzene rings is 2. The zero-order valence-corrected chi connectivity index (χ0v) is 14.8. The van der Waals surface area contributed by atoms with Crippen LogP contribution in [0.5, 0.6) is 0 Å².